The van der Waals surface area contributed by atoms with E-state index in [9.17, 15) is 4.79 Å². The molecule has 0 radical (unpaired) electrons. The molecule has 0 aromatic heterocycles. The summed E-state index contributed by atoms with van der Waals surface area (Å²) in [5.41, 5.74) is 1.27. The summed E-state index contributed by atoms with van der Waals surface area (Å²) < 4.78 is 11.0. The van der Waals surface area contributed by atoms with Gasteiger partial charge in [-0.2, -0.15) is 0 Å². The van der Waals surface area contributed by atoms with Gasteiger partial charge in [-0.3, -0.25) is 9.79 Å². The SMILES string of the molecule is CCNC(=NCC1(c2ccc(OC)c(OC)c2)CCCCC1)NC1CCC(=O)NC1.I. The Hall–Kier alpha value is -1.71. The fourth-order valence-corrected chi connectivity index (χ4v) is 4.53. The molecule has 1 saturated heterocycles. The number of carbonyl (C=O) groups excluding carboxylic acids is 1. The van der Waals surface area contributed by atoms with Crippen LogP contribution in [0, 0.1) is 0 Å². The van der Waals surface area contributed by atoms with Crippen LogP contribution in [0.1, 0.15) is 57.4 Å². The van der Waals surface area contributed by atoms with E-state index in [0.29, 0.717) is 13.0 Å². The summed E-state index contributed by atoms with van der Waals surface area (Å²) in [6.07, 6.45) is 7.32. The Morgan fingerprint density at radius 3 is 2.55 bits per heavy atom. The number of hydrogen-bond acceptors (Lipinski definition) is 4. The number of benzene rings is 1. The maximum absolute atomic E-state index is 11.4. The smallest absolute Gasteiger partial charge is 0.220 e. The average molecular weight is 544 g/mol. The zero-order chi connectivity index (χ0) is 21.4. The van der Waals surface area contributed by atoms with Gasteiger partial charge in [-0.25, -0.2) is 0 Å². The van der Waals surface area contributed by atoms with Crippen LogP contribution < -0.4 is 25.4 Å². The number of methoxy groups -OCH3 is 2. The number of ether oxygens (including phenoxy) is 2. The average Bonchev–Trinajstić information content (AvgIpc) is 2.79. The van der Waals surface area contributed by atoms with E-state index < -0.39 is 0 Å². The molecular weight excluding hydrogens is 507 g/mol. The Morgan fingerprint density at radius 1 is 1.19 bits per heavy atom. The lowest BCUT2D eigenvalue weighted by Gasteiger charge is -2.37. The van der Waals surface area contributed by atoms with Crippen molar-refractivity contribution in [2.24, 2.45) is 4.99 Å². The van der Waals surface area contributed by atoms with E-state index in [1.165, 1.54) is 24.8 Å². The molecule has 1 atom stereocenters. The maximum atomic E-state index is 11.4. The van der Waals surface area contributed by atoms with E-state index in [-0.39, 0.29) is 41.3 Å². The number of nitrogens with one attached hydrogen (secondary N) is 3. The van der Waals surface area contributed by atoms with Gasteiger partial charge in [0.05, 0.1) is 20.8 Å². The molecule has 1 aliphatic heterocycles. The van der Waals surface area contributed by atoms with Crippen molar-refractivity contribution in [2.75, 3.05) is 33.9 Å². The second-order valence-electron chi connectivity index (χ2n) is 8.29. The second kappa shape index (κ2) is 12.4. The molecule has 3 rings (SSSR count). The minimum Gasteiger partial charge on any atom is -0.493 e. The number of rotatable bonds is 7. The van der Waals surface area contributed by atoms with Crippen LogP contribution in [0.2, 0.25) is 0 Å². The summed E-state index contributed by atoms with van der Waals surface area (Å²) in [5.74, 6) is 2.48. The van der Waals surface area contributed by atoms with Gasteiger partial charge in [0.2, 0.25) is 5.91 Å². The minimum atomic E-state index is 0. The molecular formula is C23H37IN4O3. The normalized spacial score (nSPS) is 20.8. The molecule has 7 nitrogen and oxygen atoms in total. The first-order valence-corrected chi connectivity index (χ1v) is 11.1. The summed E-state index contributed by atoms with van der Waals surface area (Å²) >= 11 is 0. The maximum Gasteiger partial charge on any atom is 0.220 e. The van der Waals surface area contributed by atoms with Crippen LogP contribution in [-0.4, -0.2) is 51.8 Å². The largest absolute Gasteiger partial charge is 0.493 e. The van der Waals surface area contributed by atoms with E-state index >= 15 is 0 Å². The Kier molecular flexibility index (Phi) is 10.2. The summed E-state index contributed by atoms with van der Waals surface area (Å²) in [4.78, 5) is 16.5. The molecule has 31 heavy (non-hydrogen) atoms. The fraction of sp³-hybridized carbons (Fsp3) is 0.652. The lowest BCUT2D eigenvalue weighted by Crippen LogP contribution is -2.51. The van der Waals surface area contributed by atoms with Gasteiger partial charge in [-0.05, 0) is 43.9 Å². The third kappa shape index (κ3) is 6.63. The van der Waals surface area contributed by atoms with Gasteiger partial charge < -0.3 is 25.4 Å². The zero-order valence-corrected chi connectivity index (χ0v) is 21.3. The van der Waals surface area contributed by atoms with Gasteiger partial charge >= 0.3 is 0 Å². The van der Waals surface area contributed by atoms with Crippen LogP contribution in [-0.2, 0) is 10.2 Å². The number of nitrogens with zero attached hydrogens (tertiary/aromatic N) is 1. The van der Waals surface area contributed by atoms with Gasteiger partial charge in [-0.15, -0.1) is 24.0 Å². The highest BCUT2D eigenvalue weighted by molar-refractivity contribution is 14.0. The number of amides is 1. The predicted molar refractivity (Wildman–Crippen MR) is 135 cm³/mol. The molecule has 1 aromatic rings. The predicted octanol–water partition coefficient (Wildman–Crippen LogP) is 3.36. The molecule has 1 amide bonds. The quantitative estimate of drug-likeness (QED) is 0.279. The highest BCUT2D eigenvalue weighted by Crippen LogP contribution is 2.42. The van der Waals surface area contributed by atoms with E-state index in [1.807, 2.05) is 6.07 Å². The van der Waals surface area contributed by atoms with Crippen molar-refractivity contribution >= 4 is 35.8 Å². The molecule has 2 aliphatic rings. The third-order valence-corrected chi connectivity index (χ3v) is 6.30. The molecule has 174 valence electrons. The van der Waals surface area contributed by atoms with Crippen molar-refractivity contribution in [1.82, 2.24) is 16.0 Å². The third-order valence-electron chi connectivity index (χ3n) is 6.30. The monoisotopic (exact) mass is 544 g/mol. The number of halogens is 1. The molecule has 1 unspecified atom stereocenters. The van der Waals surface area contributed by atoms with Crippen molar-refractivity contribution in [3.8, 4) is 11.5 Å². The highest BCUT2D eigenvalue weighted by atomic mass is 127. The molecule has 1 heterocycles. The fourth-order valence-electron chi connectivity index (χ4n) is 4.53. The van der Waals surface area contributed by atoms with Crippen LogP contribution >= 0.6 is 24.0 Å². The van der Waals surface area contributed by atoms with Crippen LogP contribution in [0.15, 0.2) is 23.2 Å². The van der Waals surface area contributed by atoms with Crippen molar-refractivity contribution < 1.29 is 14.3 Å². The summed E-state index contributed by atoms with van der Waals surface area (Å²) in [7, 11) is 3.35. The number of hydrogen-bond donors (Lipinski definition) is 3. The van der Waals surface area contributed by atoms with E-state index in [2.05, 4.69) is 35.0 Å². The van der Waals surface area contributed by atoms with Crippen molar-refractivity contribution in [2.45, 2.75) is 63.3 Å². The van der Waals surface area contributed by atoms with Gasteiger partial charge in [-0.1, -0.05) is 25.3 Å². The second-order valence-corrected chi connectivity index (χ2v) is 8.29. The summed E-state index contributed by atoms with van der Waals surface area (Å²) in [6, 6.07) is 6.50. The molecule has 3 N–H and O–H groups in total. The lowest BCUT2D eigenvalue weighted by atomic mass is 9.69. The van der Waals surface area contributed by atoms with Gasteiger partial charge in [0.1, 0.15) is 0 Å². The summed E-state index contributed by atoms with van der Waals surface area (Å²) in [5, 5.41) is 9.81. The number of piperidine rings is 1. The number of guanidine groups is 1. The van der Waals surface area contributed by atoms with Gasteiger partial charge in [0.15, 0.2) is 17.5 Å². The van der Waals surface area contributed by atoms with Crippen molar-refractivity contribution in [3.63, 3.8) is 0 Å². The Bertz CT molecular complexity index is 740. The minimum absolute atomic E-state index is 0. The van der Waals surface area contributed by atoms with Crippen molar-refractivity contribution in [3.05, 3.63) is 23.8 Å². The lowest BCUT2D eigenvalue weighted by molar-refractivity contribution is -0.122. The van der Waals surface area contributed by atoms with Gasteiger partial charge in [0, 0.05) is 31.0 Å². The van der Waals surface area contributed by atoms with E-state index in [4.69, 9.17) is 14.5 Å². The van der Waals surface area contributed by atoms with Crippen LogP contribution in [0.25, 0.3) is 0 Å². The van der Waals surface area contributed by atoms with Crippen LogP contribution in [0.5, 0.6) is 11.5 Å². The first-order valence-electron chi connectivity index (χ1n) is 11.1. The first kappa shape index (κ1) is 25.5. The Morgan fingerprint density at radius 2 is 1.94 bits per heavy atom. The summed E-state index contributed by atoms with van der Waals surface area (Å²) in [6.45, 7) is 4.24. The van der Waals surface area contributed by atoms with Crippen molar-refractivity contribution in [1.29, 1.82) is 0 Å². The van der Waals surface area contributed by atoms with Crippen LogP contribution in [0.4, 0.5) is 0 Å². The van der Waals surface area contributed by atoms with Gasteiger partial charge in [0.25, 0.3) is 0 Å². The molecule has 1 saturated carbocycles. The van der Waals surface area contributed by atoms with Crippen LogP contribution in [0.3, 0.4) is 0 Å². The number of carbonyl (C=O) groups is 1. The highest BCUT2D eigenvalue weighted by Gasteiger charge is 2.35. The molecule has 0 spiro atoms. The molecule has 8 heteroatoms. The zero-order valence-electron chi connectivity index (χ0n) is 19.0. The number of aliphatic imine (C=N–C) groups is 1. The first-order chi connectivity index (χ1) is 14.6. The van der Waals surface area contributed by atoms with E-state index in [1.54, 1.807) is 14.2 Å². The molecule has 1 aromatic carbocycles. The molecule has 1 aliphatic carbocycles. The Labute approximate surface area is 203 Å². The molecule has 0 bridgehead atoms. The topological polar surface area (TPSA) is 84.0 Å². The van der Waals surface area contributed by atoms with E-state index in [0.717, 1.165) is 49.8 Å². The molecule has 2 fully saturated rings. The Balaban J connectivity index is 0.00000341. The standard InChI is InChI=1S/C23H36N4O3.HI/c1-4-24-22(27-18-9-11-21(28)25-15-18)26-16-23(12-6-5-7-13-23)17-8-10-19(29-2)20(14-17)30-3;/h8,10,14,18H,4-7,9,11-13,15-16H2,1-3H3,(H,25,28)(H2,24,26,27);1H.